The van der Waals surface area contributed by atoms with Crippen LogP contribution in [0.15, 0.2) is 24.3 Å². The fraction of sp³-hybridized carbons (Fsp3) is 0.333. The summed E-state index contributed by atoms with van der Waals surface area (Å²) in [6.45, 7) is 1.61. The first-order chi connectivity index (χ1) is 8.34. The Morgan fingerprint density at radius 3 is 2.72 bits per heavy atom. The molecule has 18 heavy (non-hydrogen) atoms. The highest BCUT2D eigenvalue weighted by molar-refractivity contribution is 5.94. The Balaban J connectivity index is 2.85. The number of carbonyl (C=O) groups excluding carboxylic acids is 1. The van der Waals surface area contributed by atoms with Crippen molar-refractivity contribution in [1.82, 2.24) is 5.32 Å². The molecule has 0 radical (unpaired) electrons. The van der Waals surface area contributed by atoms with E-state index in [4.69, 9.17) is 5.26 Å². The standard InChI is InChI=1S/C12H11F3N2O/c1-8(5-6-16)17-11(18)9-3-2-4-10(7-9)12(13,14)15/h2-4,7-8H,5H2,1H3,(H,17,18). The molecule has 96 valence electrons. The molecule has 0 saturated heterocycles. The van der Waals surface area contributed by atoms with Gasteiger partial charge in [-0.05, 0) is 25.1 Å². The van der Waals surface area contributed by atoms with Gasteiger partial charge < -0.3 is 5.32 Å². The zero-order valence-corrected chi connectivity index (χ0v) is 9.58. The maximum absolute atomic E-state index is 12.4. The molecule has 1 aromatic rings. The number of carbonyl (C=O) groups is 1. The number of halogens is 3. The van der Waals surface area contributed by atoms with E-state index in [1.807, 2.05) is 6.07 Å². The smallest absolute Gasteiger partial charge is 0.349 e. The van der Waals surface area contributed by atoms with E-state index in [9.17, 15) is 18.0 Å². The molecule has 1 amide bonds. The van der Waals surface area contributed by atoms with Crippen molar-refractivity contribution in [3.05, 3.63) is 35.4 Å². The van der Waals surface area contributed by atoms with Gasteiger partial charge in [0.2, 0.25) is 0 Å². The number of hydrogen-bond acceptors (Lipinski definition) is 2. The van der Waals surface area contributed by atoms with Crippen LogP contribution in [-0.4, -0.2) is 11.9 Å². The number of alkyl halides is 3. The van der Waals surface area contributed by atoms with Crippen molar-refractivity contribution in [2.75, 3.05) is 0 Å². The number of nitriles is 1. The summed E-state index contributed by atoms with van der Waals surface area (Å²) in [6, 6.07) is 5.61. The van der Waals surface area contributed by atoms with Gasteiger partial charge in [-0.15, -0.1) is 0 Å². The highest BCUT2D eigenvalue weighted by Gasteiger charge is 2.30. The summed E-state index contributed by atoms with van der Waals surface area (Å²) in [7, 11) is 0. The number of nitrogens with one attached hydrogen (secondary N) is 1. The molecule has 0 fully saturated rings. The Bertz CT molecular complexity index is 477. The van der Waals surface area contributed by atoms with Crippen LogP contribution in [0.2, 0.25) is 0 Å². The quantitative estimate of drug-likeness (QED) is 0.904. The van der Waals surface area contributed by atoms with Crippen molar-refractivity contribution < 1.29 is 18.0 Å². The number of benzene rings is 1. The second-order valence-corrected chi connectivity index (χ2v) is 3.82. The third-order valence-electron chi connectivity index (χ3n) is 2.23. The Hall–Kier alpha value is -2.03. The van der Waals surface area contributed by atoms with Gasteiger partial charge in [0.15, 0.2) is 0 Å². The Morgan fingerprint density at radius 1 is 1.50 bits per heavy atom. The van der Waals surface area contributed by atoms with E-state index >= 15 is 0 Å². The Morgan fingerprint density at radius 2 is 2.17 bits per heavy atom. The van der Waals surface area contributed by atoms with E-state index < -0.39 is 23.7 Å². The fourth-order valence-corrected chi connectivity index (χ4v) is 1.33. The van der Waals surface area contributed by atoms with Gasteiger partial charge in [0, 0.05) is 11.6 Å². The predicted octanol–water partition coefficient (Wildman–Crippen LogP) is 2.74. The first-order valence-electron chi connectivity index (χ1n) is 5.19. The van der Waals surface area contributed by atoms with Gasteiger partial charge in [-0.1, -0.05) is 6.07 Å². The lowest BCUT2D eigenvalue weighted by Crippen LogP contribution is -2.32. The van der Waals surface area contributed by atoms with Crippen molar-refractivity contribution in [2.45, 2.75) is 25.6 Å². The summed E-state index contributed by atoms with van der Waals surface area (Å²) in [5.41, 5.74) is -0.947. The molecule has 0 aliphatic heterocycles. The second kappa shape index (κ2) is 5.54. The molecular formula is C12H11F3N2O. The first kappa shape index (κ1) is 14.0. The molecule has 1 unspecified atom stereocenters. The summed E-state index contributed by atoms with van der Waals surface area (Å²) in [4.78, 5) is 11.6. The monoisotopic (exact) mass is 256 g/mol. The molecule has 6 heteroatoms. The third-order valence-corrected chi connectivity index (χ3v) is 2.23. The van der Waals surface area contributed by atoms with Crippen LogP contribution < -0.4 is 5.32 Å². The molecule has 0 heterocycles. The predicted molar refractivity (Wildman–Crippen MR) is 58.6 cm³/mol. The van der Waals surface area contributed by atoms with Crippen molar-refractivity contribution in [1.29, 1.82) is 5.26 Å². The van der Waals surface area contributed by atoms with Gasteiger partial charge in [0.05, 0.1) is 18.1 Å². The average molecular weight is 256 g/mol. The Labute approximate surface area is 102 Å². The van der Waals surface area contributed by atoms with Crippen LogP contribution in [0.4, 0.5) is 13.2 Å². The van der Waals surface area contributed by atoms with E-state index in [0.29, 0.717) is 0 Å². The summed E-state index contributed by atoms with van der Waals surface area (Å²) < 4.78 is 37.3. The minimum atomic E-state index is -4.48. The molecule has 0 bridgehead atoms. The maximum Gasteiger partial charge on any atom is 0.416 e. The van der Waals surface area contributed by atoms with Gasteiger partial charge in [0.25, 0.3) is 5.91 Å². The number of rotatable bonds is 3. The third kappa shape index (κ3) is 3.77. The summed E-state index contributed by atoms with van der Waals surface area (Å²) in [5, 5.41) is 10.9. The topological polar surface area (TPSA) is 52.9 Å². The number of amides is 1. The number of nitrogens with zero attached hydrogens (tertiary/aromatic N) is 1. The summed E-state index contributed by atoms with van der Waals surface area (Å²) in [5.74, 6) is -0.621. The lowest BCUT2D eigenvalue weighted by Gasteiger charge is -2.12. The van der Waals surface area contributed by atoms with E-state index in [1.165, 1.54) is 12.1 Å². The molecule has 0 aliphatic rings. The molecule has 1 N–H and O–H groups in total. The fourth-order valence-electron chi connectivity index (χ4n) is 1.33. The molecule has 1 atom stereocenters. The molecule has 0 aliphatic carbocycles. The van der Waals surface area contributed by atoms with Crippen LogP contribution >= 0.6 is 0 Å². The summed E-state index contributed by atoms with van der Waals surface area (Å²) in [6.07, 6.45) is -4.38. The van der Waals surface area contributed by atoms with Gasteiger partial charge in [-0.3, -0.25) is 4.79 Å². The minimum Gasteiger partial charge on any atom is -0.349 e. The largest absolute Gasteiger partial charge is 0.416 e. The van der Waals surface area contributed by atoms with E-state index in [2.05, 4.69) is 5.32 Å². The van der Waals surface area contributed by atoms with Crippen molar-refractivity contribution in [3.8, 4) is 6.07 Å². The van der Waals surface area contributed by atoms with Gasteiger partial charge in [-0.2, -0.15) is 18.4 Å². The van der Waals surface area contributed by atoms with E-state index in [0.717, 1.165) is 12.1 Å². The van der Waals surface area contributed by atoms with E-state index in [1.54, 1.807) is 6.92 Å². The lowest BCUT2D eigenvalue weighted by molar-refractivity contribution is -0.137. The molecule has 1 rings (SSSR count). The molecular weight excluding hydrogens is 245 g/mol. The van der Waals surface area contributed by atoms with Crippen LogP contribution in [0, 0.1) is 11.3 Å². The maximum atomic E-state index is 12.4. The van der Waals surface area contributed by atoms with Crippen molar-refractivity contribution in [2.24, 2.45) is 0 Å². The van der Waals surface area contributed by atoms with Crippen LogP contribution in [0.5, 0.6) is 0 Å². The highest BCUT2D eigenvalue weighted by Crippen LogP contribution is 2.29. The zero-order chi connectivity index (χ0) is 13.8. The highest BCUT2D eigenvalue weighted by atomic mass is 19.4. The van der Waals surface area contributed by atoms with Crippen molar-refractivity contribution in [3.63, 3.8) is 0 Å². The molecule has 0 saturated carbocycles. The van der Waals surface area contributed by atoms with E-state index in [-0.39, 0.29) is 12.0 Å². The molecule has 1 aromatic carbocycles. The first-order valence-corrected chi connectivity index (χ1v) is 5.19. The van der Waals surface area contributed by atoms with Crippen molar-refractivity contribution >= 4 is 5.91 Å². The van der Waals surface area contributed by atoms with Crippen LogP contribution in [0.25, 0.3) is 0 Å². The Kier molecular flexibility index (Phi) is 4.32. The van der Waals surface area contributed by atoms with Gasteiger partial charge in [0.1, 0.15) is 0 Å². The average Bonchev–Trinajstić information content (AvgIpc) is 2.28. The zero-order valence-electron chi connectivity index (χ0n) is 9.58. The number of hydrogen-bond donors (Lipinski definition) is 1. The minimum absolute atomic E-state index is 0.0744. The summed E-state index contributed by atoms with van der Waals surface area (Å²) >= 11 is 0. The van der Waals surface area contributed by atoms with Gasteiger partial charge in [-0.25, -0.2) is 0 Å². The normalized spacial score (nSPS) is 12.6. The molecule has 3 nitrogen and oxygen atoms in total. The van der Waals surface area contributed by atoms with Crippen LogP contribution in [0.1, 0.15) is 29.3 Å². The van der Waals surface area contributed by atoms with Gasteiger partial charge >= 0.3 is 6.18 Å². The van der Waals surface area contributed by atoms with Crippen LogP contribution in [-0.2, 0) is 6.18 Å². The van der Waals surface area contributed by atoms with Crippen LogP contribution in [0.3, 0.4) is 0 Å². The lowest BCUT2D eigenvalue weighted by atomic mass is 10.1. The molecule has 0 aromatic heterocycles. The second-order valence-electron chi connectivity index (χ2n) is 3.82. The molecule has 0 spiro atoms. The SMILES string of the molecule is CC(CC#N)NC(=O)c1cccc(C(F)(F)F)c1.